The van der Waals surface area contributed by atoms with Crippen LogP contribution < -0.4 is 4.90 Å². The Kier molecular flexibility index (Phi) is 5.22. The van der Waals surface area contributed by atoms with Crippen LogP contribution >= 0.6 is 27.5 Å². The van der Waals surface area contributed by atoms with Gasteiger partial charge in [-0.25, -0.2) is 4.98 Å². The van der Waals surface area contributed by atoms with Crippen LogP contribution in [0.25, 0.3) is 5.76 Å². The first-order valence-corrected chi connectivity index (χ1v) is 9.88. The number of rotatable bonds is 3. The Hall–Kier alpha value is -2.96. The second kappa shape index (κ2) is 7.81. The monoisotopic (exact) mass is 468 g/mol. The maximum atomic E-state index is 13.0. The zero-order chi connectivity index (χ0) is 20.5. The molecule has 0 spiro atoms. The number of hydrogen-bond acceptors (Lipinski definition) is 4. The molecular weight excluding hydrogens is 456 g/mol. The number of carbonyl (C=O) groups excluding carboxylic acids is 2. The van der Waals surface area contributed by atoms with E-state index in [1.165, 1.54) is 4.90 Å². The zero-order valence-electron chi connectivity index (χ0n) is 14.9. The predicted octanol–water partition coefficient (Wildman–Crippen LogP) is 5.12. The Morgan fingerprint density at radius 1 is 1.03 bits per heavy atom. The third-order valence-corrected chi connectivity index (χ3v) is 5.37. The molecule has 1 amide bonds. The van der Waals surface area contributed by atoms with Crippen LogP contribution in [0, 0.1) is 0 Å². The largest absolute Gasteiger partial charge is 0.507 e. The summed E-state index contributed by atoms with van der Waals surface area (Å²) in [6.45, 7) is 0. The number of anilines is 1. The summed E-state index contributed by atoms with van der Waals surface area (Å²) in [6.07, 6.45) is 1.55. The van der Waals surface area contributed by atoms with E-state index >= 15 is 0 Å². The van der Waals surface area contributed by atoms with Crippen molar-refractivity contribution < 1.29 is 14.7 Å². The quantitative estimate of drug-likeness (QED) is 0.328. The lowest BCUT2D eigenvalue weighted by atomic mass is 9.95. The number of benzene rings is 2. The van der Waals surface area contributed by atoms with Gasteiger partial charge in [0, 0.05) is 21.3 Å². The first kappa shape index (κ1) is 19.4. The third kappa shape index (κ3) is 3.57. The molecule has 29 heavy (non-hydrogen) atoms. The molecule has 5 nitrogen and oxygen atoms in total. The Morgan fingerprint density at radius 2 is 1.79 bits per heavy atom. The summed E-state index contributed by atoms with van der Waals surface area (Å²) in [5, 5.41) is 11.5. The molecule has 1 N–H and O–H groups in total. The van der Waals surface area contributed by atoms with Crippen molar-refractivity contribution in [2.75, 3.05) is 4.90 Å². The molecule has 144 valence electrons. The van der Waals surface area contributed by atoms with E-state index < -0.39 is 17.7 Å². The zero-order valence-corrected chi connectivity index (χ0v) is 17.3. The molecule has 2 aromatic carbocycles. The van der Waals surface area contributed by atoms with Gasteiger partial charge in [-0.3, -0.25) is 14.5 Å². The van der Waals surface area contributed by atoms with Crippen LogP contribution in [0.3, 0.4) is 0 Å². The number of carbonyl (C=O) groups is 2. The summed E-state index contributed by atoms with van der Waals surface area (Å²) < 4.78 is 0.785. The van der Waals surface area contributed by atoms with E-state index in [1.807, 2.05) is 12.1 Å². The van der Waals surface area contributed by atoms with Crippen LogP contribution in [-0.4, -0.2) is 21.8 Å². The van der Waals surface area contributed by atoms with E-state index in [0.29, 0.717) is 22.0 Å². The standard InChI is InChI=1S/C22H14BrClN2O3/c23-15-5-3-4-14(12-15)19-18(20(27)13-7-9-16(24)10-8-13)21(28)22(29)26(19)17-6-1-2-11-25-17/h1-12,19,27H/t19-/m0/s1. The molecule has 3 aromatic rings. The highest BCUT2D eigenvalue weighted by Crippen LogP contribution is 2.42. The number of nitrogens with zero attached hydrogens (tertiary/aromatic N) is 2. The lowest BCUT2D eigenvalue weighted by Crippen LogP contribution is -2.30. The van der Waals surface area contributed by atoms with Crippen molar-refractivity contribution in [3.8, 4) is 0 Å². The average Bonchev–Trinajstić information content (AvgIpc) is 2.99. The normalized spacial score (nSPS) is 18.3. The first-order valence-electron chi connectivity index (χ1n) is 8.71. The first-order chi connectivity index (χ1) is 14.0. The molecule has 1 saturated heterocycles. The lowest BCUT2D eigenvalue weighted by Gasteiger charge is -2.24. The van der Waals surface area contributed by atoms with E-state index in [0.717, 1.165) is 4.47 Å². The fourth-order valence-electron chi connectivity index (χ4n) is 3.32. The van der Waals surface area contributed by atoms with Gasteiger partial charge in [-0.05, 0) is 54.1 Å². The molecule has 7 heteroatoms. The maximum absolute atomic E-state index is 13.0. The second-order valence-corrected chi connectivity index (χ2v) is 7.77. The van der Waals surface area contributed by atoms with Gasteiger partial charge in [0.25, 0.3) is 5.78 Å². The smallest absolute Gasteiger partial charge is 0.301 e. The van der Waals surface area contributed by atoms with Crippen LogP contribution in [0.1, 0.15) is 17.2 Å². The molecule has 1 aliphatic heterocycles. The molecule has 1 atom stereocenters. The number of ketones is 1. The second-order valence-electron chi connectivity index (χ2n) is 6.42. The minimum atomic E-state index is -0.821. The fourth-order valence-corrected chi connectivity index (χ4v) is 3.86. The number of Topliss-reactive ketones (excluding diaryl/α,β-unsaturated/α-hetero) is 1. The molecule has 2 heterocycles. The summed E-state index contributed by atoms with van der Waals surface area (Å²) in [7, 11) is 0. The molecule has 1 fully saturated rings. The van der Waals surface area contributed by atoms with Crippen molar-refractivity contribution in [2.24, 2.45) is 0 Å². The highest BCUT2D eigenvalue weighted by atomic mass is 79.9. The van der Waals surface area contributed by atoms with E-state index in [1.54, 1.807) is 60.8 Å². The number of halogens is 2. The Labute approximate surface area is 180 Å². The van der Waals surface area contributed by atoms with Gasteiger partial charge in [0.15, 0.2) is 0 Å². The molecule has 0 bridgehead atoms. The van der Waals surface area contributed by atoms with Crippen LogP contribution in [-0.2, 0) is 9.59 Å². The summed E-state index contributed by atoms with van der Waals surface area (Å²) in [4.78, 5) is 31.5. The summed E-state index contributed by atoms with van der Waals surface area (Å²) in [5.74, 6) is -1.45. The topological polar surface area (TPSA) is 70.5 Å². The van der Waals surface area contributed by atoms with Crippen LogP contribution in [0.4, 0.5) is 5.82 Å². The van der Waals surface area contributed by atoms with Crippen LogP contribution in [0.2, 0.25) is 5.02 Å². The van der Waals surface area contributed by atoms with Gasteiger partial charge >= 0.3 is 5.91 Å². The number of aliphatic hydroxyl groups excluding tert-OH is 1. The number of amides is 1. The van der Waals surface area contributed by atoms with Gasteiger partial charge in [-0.2, -0.15) is 0 Å². The van der Waals surface area contributed by atoms with Gasteiger partial charge in [-0.15, -0.1) is 0 Å². The number of pyridine rings is 1. The van der Waals surface area contributed by atoms with Crippen LogP contribution in [0.15, 0.2) is 83.0 Å². The fraction of sp³-hybridized carbons (Fsp3) is 0.0455. The molecule has 0 unspecified atom stereocenters. The molecule has 0 radical (unpaired) electrons. The summed E-state index contributed by atoms with van der Waals surface area (Å²) >= 11 is 9.36. The van der Waals surface area contributed by atoms with Gasteiger partial charge in [0.2, 0.25) is 0 Å². The predicted molar refractivity (Wildman–Crippen MR) is 115 cm³/mol. The molecule has 1 aromatic heterocycles. The molecule has 1 aliphatic rings. The van der Waals surface area contributed by atoms with E-state index in [4.69, 9.17) is 11.6 Å². The Balaban J connectivity index is 1.95. The van der Waals surface area contributed by atoms with Crippen LogP contribution in [0.5, 0.6) is 0 Å². The number of hydrogen-bond donors (Lipinski definition) is 1. The van der Waals surface area contributed by atoms with Crippen molar-refractivity contribution in [3.63, 3.8) is 0 Å². The van der Waals surface area contributed by atoms with E-state index in [2.05, 4.69) is 20.9 Å². The van der Waals surface area contributed by atoms with Crippen molar-refractivity contribution in [1.82, 2.24) is 4.98 Å². The van der Waals surface area contributed by atoms with Crippen molar-refractivity contribution in [2.45, 2.75) is 6.04 Å². The highest BCUT2D eigenvalue weighted by Gasteiger charge is 2.47. The summed E-state index contributed by atoms with van der Waals surface area (Å²) in [5.41, 5.74) is 1.06. The minimum absolute atomic E-state index is 0.000996. The minimum Gasteiger partial charge on any atom is -0.507 e. The molecule has 0 aliphatic carbocycles. The molecule has 4 rings (SSSR count). The Bertz CT molecular complexity index is 1130. The van der Waals surface area contributed by atoms with E-state index in [9.17, 15) is 14.7 Å². The SMILES string of the molecule is O=C1C(=O)N(c2ccccn2)[C@@H](c2cccc(Br)c2)C1=C(O)c1ccc(Cl)cc1. The van der Waals surface area contributed by atoms with E-state index in [-0.39, 0.29) is 11.3 Å². The maximum Gasteiger partial charge on any atom is 0.301 e. The van der Waals surface area contributed by atoms with Gasteiger partial charge in [0.05, 0.1) is 11.6 Å². The number of aromatic nitrogens is 1. The van der Waals surface area contributed by atoms with Gasteiger partial charge in [-0.1, -0.05) is 45.7 Å². The van der Waals surface area contributed by atoms with Crippen molar-refractivity contribution in [1.29, 1.82) is 0 Å². The summed E-state index contributed by atoms with van der Waals surface area (Å²) in [6, 6.07) is 18.0. The van der Waals surface area contributed by atoms with Crippen molar-refractivity contribution >= 4 is 50.8 Å². The average molecular weight is 470 g/mol. The highest BCUT2D eigenvalue weighted by molar-refractivity contribution is 9.10. The molecular formula is C22H14BrClN2O3. The number of aliphatic hydroxyl groups is 1. The lowest BCUT2D eigenvalue weighted by molar-refractivity contribution is -0.132. The van der Waals surface area contributed by atoms with Gasteiger partial charge in [0.1, 0.15) is 11.6 Å². The Morgan fingerprint density at radius 3 is 2.45 bits per heavy atom. The third-order valence-electron chi connectivity index (χ3n) is 4.62. The van der Waals surface area contributed by atoms with Gasteiger partial charge < -0.3 is 5.11 Å². The molecule has 0 saturated carbocycles. The van der Waals surface area contributed by atoms with Crippen molar-refractivity contribution in [3.05, 3.63) is 99.1 Å².